The minimum atomic E-state index is -4.74. The van der Waals surface area contributed by atoms with Crippen LogP contribution in [0.3, 0.4) is 0 Å². The third kappa shape index (κ3) is 4.97. The van der Waals surface area contributed by atoms with Gasteiger partial charge in [0, 0.05) is 23.0 Å². The van der Waals surface area contributed by atoms with Crippen molar-refractivity contribution >= 4 is 11.6 Å². The molecule has 0 atom stereocenters. The van der Waals surface area contributed by atoms with Gasteiger partial charge in [-0.25, -0.2) is 0 Å². The lowest BCUT2D eigenvalue weighted by molar-refractivity contribution is -0.274. The molecular formula is C17H17F3N2O2. The van der Waals surface area contributed by atoms with E-state index in [2.05, 4.69) is 15.0 Å². The number of pyridine rings is 1. The van der Waals surface area contributed by atoms with Gasteiger partial charge in [-0.2, -0.15) is 0 Å². The summed E-state index contributed by atoms with van der Waals surface area (Å²) in [5.74, 6) is -0.746. The predicted octanol–water partition coefficient (Wildman–Crippen LogP) is 4.53. The number of alkyl halides is 3. The molecule has 0 spiro atoms. The third-order valence-corrected chi connectivity index (χ3v) is 3.14. The summed E-state index contributed by atoms with van der Waals surface area (Å²) in [5, 5.41) is 2.59. The average Bonchev–Trinajstić information content (AvgIpc) is 2.47. The Morgan fingerprint density at radius 3 is 2.12 bits per heavy atom. The van der Waals surface area contributed by atoms with Gasteiger partial charge in [0.15, 0.2) is 0 Å². The number of halogens is 3. The van der Waals surface area contributed by atoms with E-state index in [1.165, 1.54) is 18.3 Å². The molecule has 0 saturated heterocycles. The van der Waals surface area contributed by atoms with E-state index in [0.29, 0.717) is 11.3 Å². The lowest BCUT2D eigenvalue weighted by atomic mass is 9.91. The molecule has 24 heavy (non-hydrogen) atoms. The summed E-state index contributed by atoms with van der Waals surface area (Å²) in [6.07, 6.45) is -3.28. The molecule has 0 fully saturated rings. The Morgan fingerprint density at radius 2 is 1.67 bits per heavy atom. The van der Waals surface area contributed by atoms with E-state index < -0.39 is 12.3 Å². The van der Waals surface area contributed by atoms with Crippen molar-refractivity contribution in [2.24, 2.45) is 0 Å². The number of anilines is 1. The largest absolute Gasteiger partial charge is 0.573 e. The van der Waals surface area contributed by atoms with Gasteiger partial charge < -0.3 is 10.1 Å². The van der Waals surface area contributed by atoms with Gasteiger partial charge >= 0.3 is 6.36 Å². The second-order valence-electron chi connectivity index (χ2n) is 6.21. The van der Waals surface area contributed by atoms with E-state index >= 15 is 0 Å². The van der Waals surface area contributed by atoms with Gasteiger partial charge in [-0.3, -0.25) is 9.78 Å². The molecule has 1 aromatic carbocycles. The summed E-state index contributed by atoms with van der Waals surface area (Å²) in [4.78, 5) is 16.4. The summed E-state index contributed by atoms with van der Waals surface area (Å²) in [6.45, 7) is 6.04. The molecular weight excluding hydrogens is 321 g/mol. The normalized spacial score (nSPS) is 11.9. The second-order valence-corrected chi connectivity index (χ2v) is 6.21. The minimum Gasteiger partial charge on any atom is -0.406 e. The van der Waals surface area contributed by atoms with Crippen LogP contribution in [0.5, 0.6) is 5.75 Å². The number of nitrogens with one attached hydrogen (secondary N) is 1. The monoisotopic (exact) mass is 338 g/mol. The van der Waals surface area contributed by atoms with Crippen LogP contribution in [-0.4, -0.2) is 17.3 Å². The molecule has 0 radical (unpaired) electrons. The first-order valence-electron chi connectivity index (χ1n) is 7.18. The maximum absolute atomic E-state index is 12.1. The Labute approximate surface area is 137 Å². The Hall–Kier alpha value is -2.57. The minimum absolute atomic E-state index is 0.122. The maximum atomic E-state index is 12.1. The number of hydrogen-bond donors (Lipinski definition) is 1. The van der Waals surface area contributed by atoms with Crippen LogP contribution < -0.4 is 10.1 Å². The van der Waals surface area contributed by atoms with Crippen LogP contribution in [0.2, 0.25) is 0 Å². The van der Waals surface area contributed by atoms with E-state index in [-0.39, 0.29) is 11.2 Å². The quantitative estimate of drug-likeness (QED) is 0.894. The Bertz CT molecular complexity index is 703. The molecule has 7 heteroatoms. The summed E-state index contributed by atoms with van der Waals surface area (Å²) < 4.78 is 40.0. The Balaban J connectivity index is 2.04. The van der Waals surface area contributed by atoms with Crippen LogP contribution in [0.4, 0.5) is 18.9 Å². The Kier molecular flexibility index (Phi) is 4.82. The van der Waals surface area contributed by atoms with Gasteiger partial charge in [0.2, 0.25) is 0 Å². The Morgan fingerprint density at radius 1 is 1.04 bits per heavy atom. The molecule has 0 aliphatic rings. The molecule has 1 N–H and O–H groups in total. The molecule has 0 unspecified atom stereocenters. The first-order chi connectivity index (χ1) is 11.0. The maximum Gasteiger partial charge on any atom is 0.573 e. The van der Waals surface area contributed by atoms with Crippen LogP contribution in [0, 0.1) is 0 Å². The molecule has 0 bridgehead atoms. The lowest BCUT2D eigenvalue weighted by Gasteiger charge is -2.17. The number of rotatable bonds is 3. The SMILES string of the molecule is CC(C)(C)c1ccc(C(=O)Nc2ccc(OC(F)(F)F)cc2)cn1. The van der Waals surface area contributed by atoms with Crippen molar-refractivity contribution < 1.29 is 22.7 Å². The number of hydrogen-bond acceptors (Lipinski definition) is 3. The zero-order valence-electron chi connectivity index (χ0n) is 13.4. The van der Waals surface area contributed by atoms with E-state index in [1.54, 1.807) is 12.1 Å². The van der Waals surface area contributed by atoms with E-state index in [0.717, 1.165) is 17.8 Å². The number of aromatic nitrogens is 1. The van der Waals surface area contributed by atoms with Crippen molar-refractivity contribution in [3.63, 3.8) is 0 Å². The fourth-order valence-electron chi connectivity index (χ4n) is 1.92. The van der Waals surface area contributed by atoms with E-state index in [1.807, 2.05) is 20.8 Å². The second kappa shape index (κ2) is 6.51. The van der Waals surface area contributed by atoms with Crippen LogP contribution >= 0.6 is 0 Å². The van der Waals surface area contributed by atoms with Crippen molar-refractivity contribution in [3.8, 4) is 5.75 Å². The molecule has 128 valence electrons. The first-order valence-corrected chi connectivity index (χ1v) is 7.18. The molecule has 1 aromatic heterocycles. The van der Waals surface area contributed by atoms with Crippen molar-refractivity contribution in [2.75, 3.05) is 5.32 Å². The van der Waals surface area contributed by atoms with Gasteiger partial charge in [0.1, 0.15) is 5.75 Å². The van der Waals surface area contributed by atoms with Crippen LogP contribution in [-0.2, 0) is 5.41 Å². The van der Waals surface area contributed by atoms with Gasteiger partial charge in [0.25, 0.3) is 5.91 Å². The summed E-state index contributed by atoms with van der Waals surface area (Å²) in [6, 6.07) is 8.35. The predicted molar refractivity (Wildman–Crippen MR) is 84.0 cm³/mol. The first kappa shape index (κ1) is 17.8. The van der Waals surface area contributed by atoms with Crippen molar-refractivity contribution in [2.45, 2.75) is 32.5 Å². The van der Waals surface area contributed by atoms with Gasteiger partial charge in [-0.05, 0) is 36.4 Å². The highest BCUT2D eigenvalue weighted by Crippen LogP contribution is 2.24. The van der Waals surface area contributed by atoms with Crippen molar-refractivity contribution in [1.29, 1.82) is 0 Å². The number of benzene rings is 1. The summed E-state index contributed by atoms with van der Waals surface area (Å²) in [5.41, 5.74) is 1.45. The highest BCUT2D eigenvalue weighted by Gasteiger charge is 2.30. The fraction of sp³-hybridized carbons (Fsp3) is 0.294. The van der Waals surface area contributed by atoms with Crippen molar-refractivity contribution in [1.82, 2.24) is 4.98 Å². The van der Waals surface area contributed by atoms with Crippen LogP contribution in [0.15, 0.2) is 42.6 Å². The molecule has 2 rings (SSSR count). The summed E-state index contributed by atoms with van der Waals surface area (Å²) in [7, 11) is 0. The fourth-order valence-corrected chi connectivity index (χ4v) is 1.92. The van der Waals surface area contributed by atoms with Gasteiger partial charge in [-0.15, -0.1) is 13.2 Å². The highest BCUT2D eigenvalue weighted by molar-refractivity contribution is 6.04. The lowest BCUT2D eigenvalue weighted by Crippen LogP contribution is -2.17. The van der Waals surface area contributed by atoms with Crippen LogP contribution in [0.25, 0.3) is 0 Å². The van der Waals surface area contributed by atoms with E-state index in [4.69, 9.17) is 0 Å². The molecule has 0 aliphatic heterocycles. The smallest absolute Gasteiger partial charge is 0.406 e. The summed E-state index contributed by atoms with van der Waals surface area (Å²) >= 11 is 0. The molecule has 1 amide bonds. The average molecular weight is 338 g/mol. The number of carbonyl (C=O) groups excluding carboxylic acids is 1. The topological polar surface area (TPSA) is 51.2 Å². The molecule has 2 aromatic rings. The molecule has 4 nitrogen and oxygen atoms in total. The third-order valence-electron chi connectivity index (χ3n) is 3.14. The molecule has 0 saturated carbocycles. The van der Waals surface area contributed by atoms with Crippen LogP contribution in [0.1, 0.15) is 36.8 Å². The number of nitrogens with zero attached hydrogens (tertiary/aromatic N) is 1. The number of amides is 1. The zero-order valence-corrected chi connectivity index (χ0v) is 13.4. The van der Waals surface area contributed by atoms with Crippen molar-refractivity contribution in [3.05, 3.63) is 53.9 Å². The number of carbonyl (C=O) groups is 1. The highest BCUT2D eigenvalue weighted by atomic mass is 19.4. The standard InChI is InChI=1S/C17H17F3N2O2/c1-16(2,3)14-9-4-11(10-21-14)15(23)22-12-5-7-13(8-6-12)24-17(18,19)20/h4-10H,1-3H3,(H,22,23). The van der Waals surface area contributed by atoms with Gasteiger partial charge in [0.05, 0.1) is 5.56 Å². The number of ether oxygens (including phenoxy) is 1. The van der Waals surface area contributed by atoms with Gasteiger partial charge in [-0.1, -0.05) is 20.8 Å². The molecule has 1 heterocycles. The molecule has 0 aliphatic carbocycles. The zero-order chi connectivity index (χ0) is 18.0. The van der Waals surface area contributed by atoms with E-state index in [9.17, 15) is 18.0 Å².